The van der Waals surface area contributed by atoms with Gasteiger partial charge < -0.3 is 0 Å². The van der Waals surface area contributed by atoms with Crippen LogP contribution in [0.5, 0.6) is 0 Å². The Bertz CT molecular complexity index is 170. The van der Waals surface area contributed by atoms with Crippen molar-refractivity contribution in [3.8, 4) is 0 Å². The molecule has 0 bridgehead atoms. The molecule has 1 unspecified atom stereocenters. The van der Waals surface area contributed by atoms with Crippen molar-refractivity contribution < 1.29 is 12.6 Å². The molecule has 0 saturated heterocycles. The van der Waals surface area contributed by atoms with Crippen molar-refractivity contribution in [1.82, 2.24) is 0 Å². The van der Waals surface area contributed by atoms with Crippen LogP contribution < -0.4 is 0 Å². The molecule has 0 aliphatic carbocycles. The van der Waals surface area contributed by atoms with E-state index < -0.39 is 11.0 Å². The summed E-state index contributed by atoms with van der Waals surface area (Å²) in [6.07, 6.45) is 5.96. The molecule has 3 nitrogen and oxygen atoms in total. The molecule has 4 heteroatoms. The summed E-state index contributed by atoms with van der Waals surface area (Å²) >= 11 is 0. The van der Waals surface area contributed by atoms with Crippen LogP contribution >= 0.6 is 0 Å². The predicted octanol–water partition coefficient (Wildman–Crippen LogP) is 2.28. The third-order valence-electron chi connectivity index (χ3n) is 1.98. The lowest BCUT2D eigenvalue weighted by molar-refractivity contribution is 0.192. The van der Waals surface area contributed by atoms with Gasteiger partial charge in [-0.25, -0.2) is 8.42 Å². The van der Waals surface area contributed by atoms with Gasteiger partial charge >= 0.3 is 0 Å². The predicted molar refractivity (Wildman–Crippen MR) is 54.2 cm³/mol. The molecule has 80 valence electrons. The average molecular weight is 208 g/mol. The Morgan fingerprint density at radius 2 is 1.77 bits per heavy atom. The van der Waals surface area contributed by atoms with E-state index in [1.807, 2.05) is 6.92 Å². The molecule has 0 aromatic heterocycles. The Balaban J connectivity index is 3.66. The zero-order valence-corrected chi connectivity index (χ0v) is 9.39. The summed E-state index contributed by atoms with van der Waals surface area (Å²) in [6, 6.07) is 0. The molecule has 0 aliphatic rings. The topological polar surface area (TPSA) is 43.4 Å². The summed E-state index contributed by atoms with van der Waals surface area (Å²) in [5.74, 6) is 0. The van der Waals surface area contributed by atoms with Gasteiger partial charge in [-0.15, -0.1) is 0 Å². The van der Waals surface area contributed by atoms with E-state index in [2.05, 4.69) is 6.92 Å². The normalized spacial score (nSPS) is 13.5. The van der Waals surface area contributed by atoms with Crippen molar-refractivity contribution in [3.05, 3.63) is 0 Å². The van der Waals surface area contributed by atoms with Crippen LogP contribution in [0.25, 0.3) is 0 Å². The van der Waals surface area contributed by atoms with Crippen LogP contribution in [0.3, 0.4) is 0 Å². The van der Waals surface area contributed by atoms with Gasteiger partial charge in [0.25, 0.3) is 11.0 Å². The van der Waals surface area contributed by atoms with Crippen molar-refractivity contribution in [2.24, 2.45) is 0 Å². The number of hydrogen-bond donors (Lipinski definition) is 1. The molecule has 0 aliphatic heterocycles. The van der Waals surface area contributed by atoms with Crippen LogP contribution in [-0.4, -0.2) is 14.5 Å². The molecule has 0 aromatic rings. The number of unbranched alkanes of at least 4 members (excludes halogenated alkanes) is 2. The first kappa shape index (κ1) is 12.9. The summed E-state index contributed by atoms with van der Waals surface area (Å²) in [4.78, 5) is 0. The third-order valence-corrected chi connectivity index (χ3v) is 2.45. The van der Waals surface area contributed by atoms with Crippen LogP contribution in [0, 0.1) is 0 Å². The Morgan fingerprint density at radius 1 is 1.08 bits per heavy atom. The molecule has 0 amide bonds. The summed E-state index contributed by atoms with van der Waals surface area (Å²) in [7, 11) is -2.67. The first-order valence-corrected chi connectivity index (χ1v) is 6.11. The molecular weight excluding hydrogens is 188 g/mol. The number of rotatable bonds is 8. The minimum atomic E-state index is -2.67. The van der Waals surface area contributed by atoms with Gasteiger partial charge in [0.1, 0.15) is 0 Å². The van der Waals surface area contributed by atoms with Gasteiger partial charge in [-0.3, -0.25) is 4.18 Å². The molecule has 0 spiro atoms. The Morgan fingerprint density at radius 3 is 2.23 bits per heavy atom. The molecular formula is C9H20O3S. The Labute approximate surface area is 82.6 Å². The number of thiol groups is 1. The fraction of sp³-hybridized carbons (Fsp3) is 1.00. The zero-order valence-electron chi connectivity index (χ0n) is 8.49. The van der Waals surface area contributed by atoms with E-state index in [-0.39, 0.29) is 6.10 Å². The minimum Gasteiger partial charge on any atom is -0.269 e. The summed E-state index contributed by atoms with van der Waals surface area (Å²) in [5.41, 5.74) is 0. The smallest absolute Gasteiger partial charge is 0.257 e. The van der Waals surface area contributed by atoms with Crippen molar-refractivity contribution in [2.75, 3.05) is 0 Å². The van der Waals surface area contributed by atoms with Gasteiger partial charge in [-0.2, -0.15) is 0 Å². The van der Waals surface area contributed by atoms with E-state index in [0.717, 1.165) is 38.5 Å². The maximum absolute atomic E-state index is 10.3. The Hall–Kier alpha value is -0.0900. The van der Waals surface area contributed by atoms with Gasteiger partial charge in [0.05, 0.1) is 6.10 Å². The van der Waals surface area contributed by atoms with E-state index in [0.29, 0.717) is 0 Å². The minimum absolute atomic E-state index is 0.0855. The lowest BCUT2D eigenvalue weighted by atomic mass is 10.1. The second-order valence-electron chi connectivity index (χ2n) is 3.24. The summed E-state index contributed by atoms with van der Waals surface area (Å²) < 4.78 is 25.5. The molecule has 1 atom stereocenters. The number of hydrogen-bond acceptors (Lipinski definition) is 3. The lowest BCUT2D eigenvalue weighted by Gasteiger charge is -2.11. The first-order chi connectivity index (χ1) is 6.20. The van der Waals surface area contributed by atoms with Gasteiger partial charge in [0.2, 0.25) is 0 Å². The highest BCUT2D eigenvalue weighted by molar-refractivity contribution is 7.67. The van der Waals surface area contributed by atoms with E-state index in [9.17, 15) is 8.42 Å². The van der Waals surface area contributed by atoms with Crippen molar-refractivity contribution >= 4 is 11.0 Å². The van der Waals surface area contributed by atoms with Crippen LogP contribution in [0.15, 0.2) is 0 Å². The highest BCUT2D eigenvalue weighted by Crippen LogP contribution is 2.11. The summed E-state index contributed by atoms with van der Waals surface area (Å²) in [6.45, 7) is 4.16. The zero-order chi connectivity index (χ0) is 10.1. The van der Waals surface area contributed by atoms with Crippen LogP contribution in [0.1, 0.15) is 52.4 Å². The largest absolute Gasteiger partial charge is 0.269 e. The van der Waals surface area contributed by atoms with Crippen molar-refractivity contribution in [3.63, 3.8) is 0 Å². The van der Waals surface area contributed by atoms with Gasteiger partial charge in [0, 0.05) is 0 Å². The lowest BCUT2D eigenvalue weighted by Crippen LogP contribution is -2.11. The SMILES string of the molecule is CCCCCC(CCC)O[SH](=O)=O. The molecule has 0 aromatic carbocycles. The van der Waals surface area contributed by atoms with Crippen LogP contribution in [0.2, 0.25) is 0 Å². The standard InChI is InChI=1S/C9H20O3S/c1-3-5-6-8-9(7-4-2)12-13(10)11/h9,13H,3-8H2,1-2H3. The van der Waals surface area contributed by atoms with Crippen molar-refractivity contribution in [1.29, 1.82) is 0 Å². The highest BCUT2D eigenvalue weighted by Gasteiger charge is 2.08. The van der Waals surface area contributed by atoms with E-state index >= 15 is 0 Å². The van der Waals surface area contributed by atoms with E-state index in [1.165, 1.54) is 0 Å². The third kappa shape index (κ3) is 8.25. The quantitative estimate of drug-likeness (QED) is 0.491. The summed E-state index contributed by atoms with van der Waals surface area (Å²) in [5, 5.41) is 0. The van der Waals surface area contributed by atoms with Gasteiger partial charge in [-0.05, 0) is 12.8 Å². The average Bonchev–Trinajstić information content (AvgIpc) is 2.04. The first-order valence-electron chi connectivity index (χ1n) is 5.01. The Kier molecular flexibility index (Phi) is 8.45. The van der Waals surface area contributed by atoms with Gasteiger partial charge in [0.15, 0.2) is 0 Å². The second-order valence-corrected chi connectivity index (χ2v) is 3.89. The molecule has 0 rings (SSSR count). The van der Waals surface area contributed by atoms with Gasteiger partial charge in [-0.1, -0.05) is 39.5 Å². The molecule has 0 saturated carbocycles. The fourth-order valence-corrected chi connectivity index (χ4v) is 1.77. The van der Waals surface area contributed by atoms with E-state index in [4.69, 9.17) is 4.18 Å². The second kappa shape index (κ2) is 8.51. The van der Waals surface area contributed by atoms with Crippen molar-refractivity contribution in [2.45, 2.75) is 58.5 Å². The monoisotopic (exact) mass is 208 g/mol. The van der Waals surface area contributed by atoms with E-state index in [1.54, 1.807) is 0 Å². The molecule has 0 radical (unpaired) electrons. The molecule has 0 heterocycles. The fourth-order valence-electron chi connectivity index (χ4n) is 1.32. The van der Waals surface area contributed by atoms with Crippen LogP contribution in [-0.2, 0) is 15.2 Å². The molecule has 0 fully saturated rings. The molecule has 0 N–H and O–H groups in total. The molecule has 13 heavy (non-hydrogen) atoms. The maximum atomic E-state index is 10.3. The highest BCUT2D eigenvalue weighted by atomic mass is 32.2. The maximum Gasteiger partial charge on any atom is 0.257 e. The van der Waals surface area contributed by atoms with Crippen LogP contribution in [0.4, 0.5) is 0 Å².